The topological polar surface area (TPSA) is 58.2 Å². The molecule has 2 N–H and O–H groups in total. The van der Waals surface area contributed by atoms with Gasteiger partial charge in [-0.05, 0) is 28.5 Å². The van der Waals surface area contributed by atoms with Crippen molar-refractivity contribution >= 4 is 11.8 Å². The minimum Gasteiger partial charge on any atom is -0.354 e. The summed E-state index contributed by atoms with van der Waals surface area (Å²) in [4.78, 5) is 24.0. The Bertz CT molecular complexity index is 746. The van der Waals surface area contributed by atoms with Crippen LogP contribution >= 0.6 is 0 Å². The van der Waals surface area contributed by atoms with Gasteiger partial charge >= 0.3 is 0 Å². The first-order chi connectivity index (χ1) is 12.8. The molecular formula is C23H30N2O2. The zero-order chi connectivity index (χ0) is 19.9. The van der Waals surface area contributed by atoms with Gasteiger partial charge in [0.1, 0.15) is 6.04 Å². The molecule has 2 amide bonds. The Morgan fingerprint density at radius 1 is 0.926 bits per heavy atom. The first-order valence-electron chi connectivity index (χ1n) is 9.44. The predicted molar refractivity (Wildman–Crippen MR) is 110 cm³/mol. The number of nitrogens with one attached hydrogen (secondary N) is 2. The summed E-state index contributed by atoms with van der Waals surface area (Å²) in [6.07, 6.45) is 1.24. The van der Waals surface area contributed by atoms with E-state index in [9.17, 15) is 9.59 Å². The van der Waals surface area contributed by atoms with E-state index in [0.29, 0.717) is 13.0 Å². The Labute approximate surface area is 162 Å². The van der Waals surface area contributed by atoms with Crippen molar-refractivity contribution in [1.29, 1.82) is 0 Å². The van der Waals surface area contributed by atoms with Crippen LogP contribution in [0.3, 0.4) is 0 Å². The minimum absolute atomic E-state index is 0.135. The van der Waals surface area contributed by atoms with E-state index in [1.165, 1.54) is 18.1 Å². The molecule has 0 saturated carbocycles. The molecule has 144 valence electrons. The molecule has 0 spiro atoms. The number of hydrogen-bond acceptors (Lipinski definition) is 2. The van der Waals surface area contributed by atoms with Gasteiger partial charge in [-0.2, -0.15) is 0 Å². The molecule has 0 aliphatic carbocycles. The quantitative estimate of drug-likeness (QED) is 0.789. The lowest BCUT2D eigenvalue weighted by atomic mass is 9.86. The molecule has 0 aromatic heterocycles. The van der Waals surface area contributed by atoms with Crippen LogP contribution in [0.15, 0.2) is 54.6 Å². The molecule has 1 atom stereocenters. The lowest BCUT2D eigenvalue weighted by Crippen LogP contribution is -2.47. The highest BCUT2D eigenvalue weighted by Crippen LogP contribution is 2.22. The summed E-state index contributed by atoms with van der Waals surface area (Å²) in [5.74, 6) is -0.357. The van der Waals surface area contributed by atoms with Gasteiger partial charge in [-0.15, -0.1) is 0 Å². The summed E-state index contributed by atoms with van der Waals surface area (Å²) < 4.78 is 0. The summed E-state index contributed by atoms with van der Waals surface area (Å²) in [5, 5.41) is 5.70. The van der Waals surface area contributed by atoms with E-state index in [1.54, 1.807) is 0 Å². The minimum atomic E-state index is -0.562. The van der Waals surface area contributed by atoms with Crippen molar-refractivity contribution in [2.75, 3.05) is 6.54 Å². The zero-order valence-corrected chi connectivity index (χ0v) is 16.7. The van der Waals surface area contributed by atoms with Crippen LogP contribution in [0.2, 0.25) is 0 Å². The van der Waals surface area contributed by atoms with Gasteiger partial charge in [-0.3, -0.25) is 9.59 Å². The molecule has 2 aromatic rings. The summed E-state index contributed by atoms with van der Waals surface area (Å²) in [6, 6.07) is 17.7. The molecule has 4 nitrogen and oxygen atoms in total. The van der Waals surface area contributed by atoms with Crippen molar-refractivity contribution in [2.45, 2.75) is 52.0 Å². The van der Waals surface area contributed by atoms with Gasteiger partial charge in [0.2, 0.25) is 11.8 Å². The predicted octanol–water partition coefficient (Wildman–Crippen LogP) is 3.39. The molecule has 0 unspecified atom stereocenters. The number of carbonyl (C=O) groups excluding carboxylic acids is 2. The summed E-state index contributed by atoms with van der Waals surface area (Å²) in [5.41, 5.74) is 3.63. The number of amides is 2. The van der Waals surface area contributed by atoms with Crippen molar-refractivity contribution in [3.8, 4) is 0 Å². The largest absolute Gasteiger partial charge is 0.354 e. The van der Waals surface area contributed by atoms with E-state index < -0.39 is 6.04 Å². The molecule has 0 radical (unpaired) electrons. The Hall–Kier alpha value is -2.62. The summed E-state index contributed by atoms with van der Waals surface area (Å²) in [6.45, 7) is 8.55. The lowest BCUT2D eigenvalue weighted by molar-refractivity contribution is -0.128. The van der Waals surface area contributed by atoms with E-state index in [1.807, 2.05) is 30.3 Å². The van der Waals surface area contributed by atoms with Crippen LogP contribution in [-0.4, -0.2) is 24.4 Å². The zero-order valence-electron chi connectivity index (χ0n) is 16.7. The van der Waals surface area contributed by atoms with Crippen molar-refractivity contribution in [2.24, 2.45) is 0 Å². The summed E-state index contributed by atoms with van der Waals surface area (Å²) >= 11 is 0. The van der Waals surface area contributed by atoms with Crippen molar-refractivity contribution in [3.05, 3.63) is 71.3 Å². The number of benzene rings is 2. The number of carbonyl (C=O) groups is 2. The molecule has 0 aliphatic heterocycles. The molecule has 2 aromatic carbocycles. The third kappa shape index (κ3) is 6.89. The molecule has 2 rings (SSSR count). The van der Waals surface area contributed by atoms with Crippen molar-refractivity contribution in [3.63, 3.8) is 0 Å². The molecule has 0 heterocycles. The average molecular weight is 367 g/mol. The maximum Gasteiger partial charge on any atom is 0.242 e. The first-order valence-corrected chi connectivity index (χ1v) is 9.44. The van der Waals surface area contributed by atoms with E-state index >= 15 is 0 Å². The van der Waals surface area contributed by atoms with Gasteiger partial charge in [-0.25, -0.2) is 0 Å². The highest BCUT2D eigenvalue weighted by atomic mass is 16.2. The fourth-order valence-electron chi connectivity index (χ4n) is 2.93. The van der Waals surface area contributed by atoms with Crippen LogP contribution in [0.4, 0.5) is 0 Å². The molecule has 4 heteroatoms. The summed E-state index contributed by atoms with van der Waals surface area (Å²) in [7, 11) is 0. The maximum atomic E-state index is 12.5. The normalized spacial score (nSPS) is 12.3. The van der Waals surface area contributed by atoms with Gasteiger partial charge in [0.05, 0.1) is 0 Å². The van der Waals surface area contributed by atoms with Crippen molar-refractivity contribution in [1.82, 2.24) is 10.6 Å². The van der Waals surface area contributed by atoms with Gasteiger partial charge < -0.3 is 10.6 Å². The highest BCUT2D eigenvalue weighted by Gasteiger charge is 2.19. The fraction of sp³-hybridized carbons (Fsp3) is 0.391. The van der Waals surface area contributed by atoms with Crippen LogP contribution in [0.5, 0.6) is 0 Å². The lowest BCUT2D eigenvalue weighted by Gasteiger charge is -2.19. The van der Waals surface area contributed by atoms with Crippen molar-refractivity contribution < 1.29 is 9.59 Å². The van der Waals surface area contributed by atoms with Crippen LogP contribution in [-0.2, 0) is 27.8 Å². The monoisotopic (exact) mass is 366 g/mol. The van der Waals surface area contributed by atoms with Crippen LogP contribution < -0.4 is 10.6 Å². The SMILES string of the molecule is CC(=O)N[C@@H](Cc1ccccc1)C(=O)NCCc1ccc(C(C)(C)C)cc1. The molecule has 0 aliphatic rings. The molecular weight excluding hydrogens is 336 g/mol. The molecule has 0 fully saturated rings. The van der Waals surface area contributed by atoms with E-state index in [2.05, 4.69) is 55.7 Å². The van der Waals surface area contributed by atoms with Crippen LogP contribution in [0, 0.1) is 0 Å². The van der Waals surface area contributed by atoms with Gasteiger partial charge in [0.25, 0.3) is 0 Å². The van der Waals surface area contributed by atoms with Gasteiger partial charge in [0, 0.05) is 19.9 Å². The van der Waals surface area contributed by atoms with Crippen LogP contribution in [0.1, 0.15) is 44.4 Å². The third-order valence-corrected chi connectivity index (χ3v) is 4.51. The molecule has 0 bridgehead atoms. The Morgan fingerprint density at radius 2 is 1.56 bits per heavy atom. The number of hydrogen-bond donors (Lipinski definition) is 2. The Balaban J connectivity index is 1.90. The second kappa shape index (κ2) is 9.36. The van der Waals surface area contributed by atoms with E-state index in [4.69, 9.17) is 0 Å². The highest BCUT2D eigenvalue weighted by molar-refractivity contribution is 5.87. The molecule has 27 heavy (non-hydrogen) atoms. The van der Waals surface area contributed by atoms with E-state index in [0.717, 1.165) is 12.0 Å². The Morgan fingerprint density at radius 3 is 2.11 bits per heavy atom. The number of rotatable bonds is 7. The third-order valence-electron chi connectivity index (χ3n) is 4.51. The smallest absolute Gasteiger partial charge is 0.242 e. The standard InChI is InChI=1S/C23H30N2O2/c1-17(26)25-21(16-19-8-6-5-7-9-19)22(27)24-15-14-18-10-12-20(13-11-18)23(2,3)4/h5-13,21H,14-16H2,1-4H3,(H,24,27)(H,25,26)/t21-/m0/s1. The molecule has 0 saturated heterocycles. The fourth-order valence-corrected chi connectivity index (χ4v) is 2.93. The second-order valence-electron chi connectivity index (χ2n) is 7.93. The van der Waals surface area contributed by atoms with Gasteiger partial charge in [-0.1, -0.05) is 75.4 Å². The van der Waals surface area contributed by atoms with Gasteiger partial charge in [0.15, 0.2) is 0 Å². The first kappa shape index (κ1) is 20.7. The van der Waals surface area contributed by atoms with Crippen LogP contribution in [0.25, 0.3) is 0 Å². The second-order valence-corrected chi connectivity index (χ2v) is 7.93. The maximum absolute atomic E-state index is 12.5. The average Bonchev–Trinajstić information content (AvgIpc) is 2.61. The Kier molecular flexibility index (Phi) is 7.17. The van der Waals surface area contributed by atoms with E-state index in [-0.39, 0.29) is 17.2 Å².